The first kappa shape index (κ1) is 10.5. The van der Waals surface area contributed by atoms with Crippen LogP contribution < -0.4 is 0 Å². The topological polar surface area (TPSA) is 38.0 Å². The second-order valence-corrected chi connectivity index (χ2v) is 2.50. The van der Waals surface area contributed by atoms with E-state index in [9.17, 15) is 0 Å². The van der Waals surface area contributed by atoms with Crippen LogP contribution in [0.4, 0.5) is 0 Å². The lowest BCUT2D eigenvalue weighted by Gasteiger charge is -2.08. The van der Waals surface area contributed by atoms with Crippen LogP contribution in [-0.4, -0.2) is 14.7 Å². The van der Waals surface area contributed by atoms with Crippen molar-refractivity contribution in [2.45, 2.75) is 26.5 Å². The molecule has 0 aliphatic carbocycles. The lowest BCUT2D eigenvalue weighted by atomic mass is 10.4. The maximum atomic E-state index is 8.77. The van der Waals surface area contributed by atoms with Crippen molar-refractivity contribution in [3.8, 4) is 0 Å². The van der Waals surface area contributed by atoms with E-state index in [1.165, 1.54) is 0 Å². The van der Waals surface area contributed by atoms with Gasteiger partial charge in [0.15, 0.2) is 0 Å². The van der Waals surface area contributed by atoms with Gasteiger partial charge in [-0.25, -0.2) is 4.98 Å². The lowest BCUT2D eigenvalue weighted by Crippen LogP contribution is -2.04. The Morgan fingerprint density at radius 1 is 1.64 bits per heavy atom. The number of hydrogen-bond donors (Lipinski definition) is 1. The molecule has 11 heavy (non-hydrogen) atoms. The number of imidazole rings is 1. The number of aliphatic hydroxyl groups excluding tert-OH is 1. The average molecular weight is 177 g/mol. The molecule has 0 radical (unpaired) electrons. The van der Waals surface area contributed by atoms with Gasteiger partial charge in [0, 0.05) is 18.4 Å². The van der Waals surface area contributed by atoms with Crippen LogP contribution in [0.1, 0.15) is 25.7 Å². The van der Waals surface area contributed by atoms with Crippen molar-refractivity contribution in [2.75, 3.05) is 0 Å². The Hall–Kier alpha value is -0.540. The van der Waals surface area contributed by atoms with E-state index in [0.29, 0.717) is 6.04 Å². The van der Waals surface area contributed by atoms with Crippen LogP contribution in [0.25, 0.3) is 0 Å². The van der Waals surface area contributed by atoms with Crippen LogP contribution in [0, 0.1) is 0 Å². The summed E-state index contributed by atoms with van der Waals surface area (Å²) in [6.07, 6.45) is 3.57. The van der Waals surface area contributed by atoms with E-state index in [1.54, 1.807) is 6.20 Å². The van der Waals surface area contributed by atoms with Crippen molar-refractivity contribution < 1.29 is 5.11 Å². The average Bonchev–Trinajstić information content (AvgIpc) is 2.33. The van der Waals surface area contributed by atoms with Gasteiger partial charge in [0.1, 0.15) is 12.4 Å². The predicted octanol–water partition coefficient (Wildman–Crippen LogP) is 1.38. The maximum absolute atomic E-state index is 8.77. The highest BCUT2D eigenvalue weighted by Crippen LogP contribution is 2.06. The summed E-state index contributed by atoms with van der Waals surface area (Å²) in [5.41, 5.74) is 0. The molecule has 0 atom stereocenters. The van der Waals surface area contributed by atoms with E-state index in [1.807, 2.05) is 10.8 Å². The maximum Gasteiger partial charge on any atom is 0.134 e. The molecule has 4 heteroatoms. The normalized spacial score (nSPS) is 9.82. The zero-order valence-electron chi connectivity index (χ0n) is 6.69. The van der Waals surface area contributed by atoms with Crippen molar-refractivity contribution in [3.05, 3.63) is 18.2 Å². The fourth-order valence-electron chi connectivity index (χ4n) is 0.937. The van der Waals surface area contributed by atoms with Gasteiger partial charge in [-0.05, 0) is 13.8 Å². The Labute approximate surface area is 72.5 Å². The monoisotopic (exact) mass is 176 g/mol. The predicted molar refractivity (Wildman–Crippen MR) is 45.8 cm³/mol. The van der Waals surface area contributed by atoms with Crippen LogP contribution in [0.5, 0.6) is 0 Å². The van der Waals surface area contributed by atoms with E-state index in [4.69, 9.17) is 5.11 Å². The summed E-state index contributed by atoms with van der Waals surface area (Å²) in [5.74, 6) is 0.731. The third-order valence-corrected chi connectivity index (χ3v) is 1.45. The quantitative estimate of drug-likeness (QED) is 0.740. The highest BCUT2D eigenvalue weighted by Gasteiger charge is 2.02. The minimum atomic E-state index is 0. The molecule has 0 fully saturated rings. The first-order valence-corrected chi connectivity index (χ1v) is 3.38. The molecule has 1 heterocycles. The molecular formula is C7H13ClN2O. The van der Waals surface area contributed by atoms with Crippen LogP contribution in [0.15, 0.2) is 12.4 Å². The van der Waals surface area contributed by atoms with Gasteiger partial charge < -0.3 is 9.67 Å². The summed E-state index contributed by atoms with van der Waals surface area (Å²) >= 11 is 0. The molecular weight excluding hydrogens is 164 g/mol. The Bertz CT molecular complexity index is 210. The number of aromatic nitrogens is 2. The van der Waals surface area contributed by atoms with Gasteiger partial charge in [-0.15, -0.1) is 12.4 Å². The number of halogens is 1. The van der Waals surface area contributed by atoms with Crippen molar-refractivity contribution >= 4 is 12.4 Å². The Kier molecular flexibility index (Phi) is 4.15. The highest BCUT2D eigenvalue weighted by molar-refractivity contribution is 5.85. The van der Waals surface area contributed by atoms with Crippen LogP contribution >= 0.6 is 12.4 Å². The van der Waals surface area contributed by atoms with Crippen LogP contribution in [0.3, 0.4) is 0 Å². The SMILES string of the molecule is CC(C)n1ccnc1CO.Cl. The van der Waals surface area contributed by atoms with E-state index in [-0.39, 0.29) is 19.0 Å². The Morgan fingerprint density at radius 3 is 2.64 bits per heavy atom. The minimum absolute atomic E-state index is 0. The number of rotatable bonds is 2. The fraction of sp³-hybridized carbons (Fsp3) is 0.571. The summed E-state index contributed by atoms with van der Waals surface area (Å²) in [6, 6.07) is 0.379. The number of aliphatic hydroxyl groups is 1. The van der Waals surface area contributed by atoms with Gasteiger partial charge in [-0.2, -0.15) is 0 Å². The molecule has 1 N–H and O–H groups in total. The van der Waals surface area contributed by atoms with Gasteiger partial charge in [-0.1, -0.05) is 0 Å². The van der Waals surface area contributed by atoms with Gasteiger partial charge in [0.2, 0.25) is 0 Å². The molecule has 0 amide bonds. The van der Waals surface area contributed by atoms with Crippen molar-refractivity contribution in [1.29, 1.82) is 0 Å². The largest absolute Gasteiger partial charge is 0.388 e. The zero-order chi connectivity index (χ0) is 7.56. The Morgan fingerprint density at radius 2 is 2.27 bits per heavy atom. The molecule has 0 aliphatic heterocycles. The third kappa shape index (κ3) is 2.20. The number of hydrogen-bond acceptors (Lipinski definition) is 2. The van der Waals surface area contributed by atoms with Gasteiger partial charge >= 0.3 is 0 Å². The van der Waals surface area contributed by atoms with E-state index < -0.39 is 0 Å². The molecule has 64 valence electrons. The molecule has 0 saturated carbocycles. The summed E-state index contributed by atoms with van der Waals surface area (Å²) in [7, 11) is 0. The minimum Gasteiger partial charge on any atom is -0.388 e. The van der Waals surface area contributed by atoms with Crippen LogP contribution in [0.2, 0.25) is 0 Å². The van der Waals surface area contributed by atoms with Gasteiger partial charge in [-0.3, -0.25) is 0 Å². The fourth-order valence-corrected chi connectivity index (χ4v) is 0.937. The first-order chi connectivity index (χ1) is 4.75. The number of nitrogens with zero attached hydrogens (tertiary/aromatic N) is 2. The molecule has 0 aliphatic rings. The van der Waals surface area contributed by atoms with Crippen molar-refractivity contribution in [1.82, 2.24) is 9.55 Å². The van der Waals surface area contributed by atoms with Crippen molar-refractivity contribution in [3.63, 3.8) is 0 Å². The molecule has 0 unspecified atom stereocenters. The zero-order valence-corrected chi connectivity index (χ0v) is 7.51. The molecule has 1 aromatic rings. The van der Waals surface area contributed by atoms with Gasteiger partial charge in [0.05, 0.1) is 0 Å². The van der Waals surface area contributed by atoms with E-state index >= 15 is 0 Å². The Balaban J connectivity index is 0.000001000. The lowest BCUT2D eigenvalue weighted by molar-refractivity contribution is 0.262. The standard InChI is InChI=1S/C7H12N2O.ClH/c1-6(2)9-4-3-8-7(9)5-10;/h3-4,6,10H,5H2,1-2H3;1H. The van der Waals surface area contributed by atoms with Crippen LogP contribution in [-0.2, 0) is 6.61 Å². The highest BCUT2D eigenvalue weighted by atomic mass is 35.5. The molecule has 0 spiro atoms. The smallest absolute Gasteiger partial charge is 0.134 e. The molecule has 3 nitrogen and oxygen atoms in total. The van der Waals surface area contributed by atoms with E-state index in [0.717, 1.165) is 5.82 Å². The molecule has 1 aromatic heterocycles. The summed E-state index contributed by atoms with van der Waals surface area (Å²) in [6.45, 7) is 4.13. The second-order valence-electron chi connectivity index (χ2n) is 2.50. The summed E-state index contributed by atoms with van der Waals surface area (Å²) in [4.78, 5) is 3.97. The summed E-state index contributed by atoms with van der Waals surface area (Å²) in [5, 5.41) is 8.77. The summed E-state index contributed by atoms with van der Waals surface area (Å²) < 4.78 is 1.94. The van der Waals surface area contributed by atoms with Crippen molar-refractivity contribution in [2.24, 2.45) is 0 Å². The molecule has 1 rings (SSSR count). The third-order valence-electron chi connectivity index (χ3n) is 1.45. The van der Waals surface area contributed by atoms with Gasteiger partial charge in [0.25, 0.3) is 0 Å². The van der Waals surface area contributed by atoms with E-state index in [2.05, 4.69) is 18.8 Å². The molecule has 0 bridgehead atoms. The molecule has 0 saturated heterocycles. The first-order valence-electron chi connectivity index (χ1n) is 3.38. The second kappa shape index (κ2) is 4.36. The molecule has 0 aromatic carbocycles.